The molecule has 1 aromatic rings. The molecule has 2 rings (SSSR count). The van der Waals surface area contributed by atoms with Crippen molar-refractivity contribution in [3.63, 3.8) is 0 Å². The predicted molar refractivity (Wildman–Crippen MR) is 79.7 cm³/mol. The lowest BCUT2D eigenvalue weighted by atomic mass is 10.1. The maximum absolute atomic E-state index is 12.4. The highest BCUT2D eigenvalue weighted by Crippen LogP contribution is 2.15. The first-order valence-corrected chi connectivity index (χ1v) is 7.40. The SMILES string of the molecule is CCC(=O)Nc1ccc(C(=O)N2CCCCCC2)cc1. The molecule has 108 valence electrons. The number of hydrogen-bond donors (Lipinski definition) is 1. The van der Waals surface area contributed by atoms with E-state index in [2.05, 4.69) is 5.32 Å². The number of carbonyl (C=O) groups excluding carboxylic acids is 2. The molecule has 2 amide bonds. The van der Waals surface area contributed by atoms with Crippen molar-refractivity contribution >= 4 is 17.5 Å². The van der Waals surface area contributed by atoms with E-state index in [9.17, 15) is 9.59 Å². The van der Waals surface area contributed by atoms with Crippen LogP contribution in [0.4, 0.5) is 5.69 Å². The first-order chi connectivity index (χ1) is 9.70. The van der Waals surface area contributed by atoms with E-state index in [-0.39, 0.29) is 11.8 Å². The molecule has 4 nitrogen and oxygen atoms in total. The summed E-state index contributed by atoms with van der Waals surface area (Å²) in [6.07, 6.45) is 5.07. The maximum atomic E-state index is 12.4. The molecular weight excluding hydrogens is 252 g/mol. The number of anilines is 1. The number of hydrogen-bond acceptors (Lipinski definition) is 2. The highest BCUT2D eigenvalue weighted by atomic mass is 16.2. The zero-order chi connectivity index (χ0) is 14.4. The van der Waals surface area contributed by atoms with E-state index in [0.29, 0.717) is 12.0 Å². The number of nitrogens with one attached hydrogen (secondary N) is 1. The van der Waals surface area contributed by atoms with Gasteiger partial charge in [0.05, 0.1) is 0 Å². The van der Waals surface area contributed by atoms with Crippen molar-refractivity contribution < 1.29 is 9.59 Å². The summed E-state index contributed by atoms with van der Waals surface area (Å²) in [5.74, 6) is 0.0804. The summed E-state index contributed by atoms with van der Waals surface area (Å²) >= 11 is 0. The molecule has 0 unspecified atom stereocenters. The lowest BCUT2D eigenvalue weighted by Gasteiger charge is -2.20. The predicted octanol–water partition coefficient (Wildman–Crippen LogP) is 3.05. The minimum Gasteiger partial charge on any atom is -0.339 e. The summed E-state index contributed by atoms with van der Waals surface area (Å²) in [6, 6.07) is 7.16. The van der Waals surface area contributed by atoms with Gasteiger partial charge in [0.25, 0.3) is 5.91 Å². The fourth-order valence-corrected chi connectivity index (χ4v) is 2.40. The van der Waals surface area contributed by atoms with Crippen LogP contribution in [0.5, 0.6) is 0 Å². The van der Waals surface area contributed by atoms with Crippen LogP contribution >= 0.6 is 0 Å². The standard InChI is InChI=1S/C16H22N2O2/c1-2-15(19)17-14-9-7-13(8-10-14)16(20)18-11-5-3-4-6-12-18/h7-10H,2-6,11-12H2,1H3,(H,17,19). The van der Waals surface area contributed by atoms with Crippen LogP contribution in [0, 0.1) is 0 Å². The third kappa shape index (κ3) is 3.83. The summed E-state index contributed by atoms with van der Waals surface area (Å²) in [5.41, 5.74) is 1.44. The molecule has 0 bridgehead atoms. The first kappa shape index (κ1) is 14.6. The first-order valence-electron chi connectivity index (χ1n) is 7.40. The van der Waals surface area contributed by atoms with E-state index in [1.807, 2.05) is 11.8 Å². The normalized spacial score (nSPS) is 15.6. The van der Waals surface area contributed by atoms with Gasteiger partial charge in [-0.25, -0.2) is 0 Å². The molecule has 0 radical (unpaired) electrons. The molecule has 0 saturated carbocycles. The molecule has 0 aromatic heterocycles. The molecule has 1 aromatic carbocycles. The third-order valence-electron chi connectivity index (χ3n) is 3.63. The summed E-state index contributed by atoms with van der Waals surface area (Å²) in [6.45, 7) is 3.52. The van der Waals surface area contributed by atoms with Crippen LogP contribution in [0.3, 0.4) is 0 Å². The van der Waals surface area contributed by atoms with Crippen LogP contribution in [-0.4, -0.2) is 29.8 Å². The van der Waals surface area contributed by atoms with Crippen LogP contribution in [0.2, 0.25) is 0 Å². The van der Waals surface area contributed by atoms with E-state index in [1.165, 1.54) is 12.8 Å². The molecule has 4 heteroatoms. The largest absolute Gasteiger partial charge is 0.339 e. The fourth-order valence-electron chi connectivity index (χ4n) is 2.40. The van der Waals surface area contributed by atoms with E-state index < -0.39 is 0 Å². The van der Waals surface area contributed by atoms with Crippen LogP contribution in [0.25, 0.3) is 0 Å². The van der Waals surface area contributed by atoms with Crippen molar-refractivity contribution in [3.8, 4) is 0 Å². The van der Waals surface area contributed by atoms with E-state index >= 15 is 0 Å². The van der Waals surface area contributed by atoms with Gasteiger partial charge in [-0.15, -0.1) is 0 Å². The van der Waals surface area contributed by atoms with Crippen LogP contribution in [0.1, 0.15) is 49.4 Å². The second-order valence-corrected chi connectivity index (χ2v) is 5.19. The van der Waals surface area contributed by atoms with Gasteiger partial charge in [0.15, 0.2) is 0 Å². The van der Waals surface area contributed by atoms with Crippen molar-refractivity contribution in [2.24, 2.45) is 0 Å². The van der Waals surface area contributed by atoms with Gasteiger partial charge in [0.1, 0.15) is 0 Å². The smallest absolute Gasteiger partial charge is 0.253 e. The molecule has 1 saturated heterocycles. The lowest BCUT2D eigenvalue weighted by Crippen LogP contribution is -2.31. The number of amides is 2. The monoisotopic (exact) mass is 274 g/mol. The van der Waals surface area contributed by atoms with Crippen molar-refractivity contribution in [2.75, 3.05) is 18.4 Å². The van der Waals surface area contributed by atoms with E-state index in [0.717, 1.165) is 31.6 Å². The second-order valence-electron chi connectivity index (χ2n) is 5.19. The quantitative estimate of drug-likeness (QED) is 0.921. The third-order valence-corrected chi connectivity index (χ3v) is 3.63. The fraction of sp³-hybridized carbons (Fsp3) is 0.500. The topological polar surface area (TPSA) is 49.4 Å². The summed E-state index contributed by atoms with van der Waals surface area (Å²) in [4.78, 5) is 25.6. The molecule has 1 fully saturated rings. The summed E-state index contributed by atoms with van der Waals surface area (Å²) in [5, 5.41) is 2.78. The molecular formula is C16H22N2O2. The van der Waals surface area contributed by atoms with Gasteiger partial charge in [-0.1, -0.05) is 19.8 Å². The zero-order valence-corrected chi connectivity index (χ0v) is 12.0. The molecule has 0 spiro atoms. The van der Waals surface area contributed by atoms with Crippen molar-refractivity contribution in [1.82, 2.24) is 4.90 Å². The minimum absolute atomic E-state index is 0.0170. The summed E-state index contributed by atoms with van der Waals surface area (Å²) in [7, 11) is 0. The molecule has 1 aliphatic heterocycles. The average molecular weight is 274 g/mol. The Morgan fingerprint density at radius 2 is 1.65 bits per heavy atom. The van der Waals surface area contributed by atoms with E-state index in [4.69, 9.17) is 0 Å². The Morgan fingerprint density at radius 1 is 1.05 bits per heavy atom. The van der Waals surface area contributed by atoms with Gasteiger partial charge < -0.3 is 10.2 Å². The maximum Gasteiger partial charge on any atom is 0.253 e. The minimum atomic E-state index is -0.0170. The number of carbonyl (C=O) groups is 2. The molecule has 0 atom stereocenters. The lowest BCUT2D eigenvalue weighted by molar-refractivity contribution is -0.115. The Labute approximate surface area is 120 Å². The van der Waals surface area contributed by atoms with Crippen LogP contribution in [-0.2, 0) is 4.79 Å². The number of nitrogens with zero attached hydrogens (tertiary/aromatic N) is 1. The van der Waals surface area contributed by atoms with Gasteiger partial charge in [-0.2, -0.15) is 0 Å². The number of rotatable bonds is 3. The highest BCUT2D eigenvalue weighted by molar-refractivity contribution is 5.95. The Balaban J connectivity index is 2.01. The van der Waals surface area contributed by atoms with Gasteiger partial charge in [-0.3, -0.25) is 9.59 Å². The second kappa shape index (κ2) is 7.08. The Morgan fingerprint density at radius 3 is 2.20 bits per heavy atom. The van der Waals surface area contributed by atoms with Gasteiger partial charge >= 0.3 is 0 Å². The Bertz CT molecular complexity index is 460. The molecule has 20 heavy (non-hydrogen) atoms. The van der Waals surface area contributed by atoms with Gasteiger partial charge in [0, 0.05) is 30.8 Å². The molecule has 1 N–H and O–H groups in total. The molecule has 1 heterocycles. The van der Waals surface area contributed by atoms with E-state index in [1.54, 1.807) is 24.3 Å². The zero-order valence-electron chi connectivity index (χ0n) is 12.0. The van der Waals surface area contributed by atoms with Crippen LogP contribution < -0.4 is 5.32 Å². The van der Waals surface area contributed by atoms with Gasteiger partial charge in [0.2, 0.25) is 5.91 Å². The molecule has 0 aliphatic carbocycles. The van der Waals surface area contributed by atoms with Crippen LogP contribution in [0.15, 0.2) is 24.3 Å². The van der Waals surface area contributed by atoms with Gasteiger partial charge in [-0.05, 0) is 37.1 Å². The van der Waals surface area contributed by atoms with Crippen molar-refractivity contribution in [1.29, 1.82) is 0 Å². The Hall–Kier alpha value is -1.84. The molecule has 1 aliphatic rings. The summed E-state index contributed by atoms with van der Waals surface area (Å²) < 4.78 is 0. The average Bonchev–Trinajstić information content (AvgIpc) is 2.76. The highest BCUT2D eigenvalue weighted by Gasteiger charge is 2.17. The number of benzene rings is 1. The van der Waals surface area contributed by atoms with Crippen molar-refractivity contribution in [2.45, 2.75) is 39.0 Å². The number of likely N-dealkylation sites (tertiary alicyclic amines) is 1. The van der Waals surface area contributed by atoms with Crippen molar-refractivity contribution in [3.05, 3.63) is 29.8 Å². The Kier molecular flexibility index (Phi) is 5.16.